The van der Waals surface area contributed by atoms with Crippen LogP contribution in [0.1, 0.15) is 265 Å². The van der Waals surface area contributed by atoms with E-state index in [0.29, 0.717) is 19.3 Å². The van der Waals surface area contributed by atoms with Gasteiger partial charge in [-0.1, -0.05) is 229 Å². The Hall–Kier alpha value is -2.44. The van der Waals surface area contributed by atoms with E-state index in [-0.39, 0.29) is 24.9 Å². The number of aliphatic hydroxyl groups is 2. The third kappa shape index (κ3) is 45.9. The highest BCUT2D eigenvalue weighted by atomic mass is 16.5. The number of hydrogen-bond donors (Lipinski definition) is 3. The van der Waals surface area contributed by atoms with Gasteiger partial charge < -0.3 is 20.3 Å². The summed E-state index contributed by atoms with van der Waals surface area (Å²) in [4.78, 5) is 26.2. The SMILES string of the molecule is CC/C=C/C/C=C/C/C=C/C/C=C/CCCC(CC(=O)NC(CO)C(O)CCCCCCCCCCCCC)OC(=O)CCCCCCCCCCC/C=C/CCCCCCCC. The Labute approximate surface area is 390 Å². The second kappa shape index (κ2) is 50.6. The lowest BCUT2D eigenvalue weighted by Crippen LogP contribution is -2.46. The number of allylic oxidation sites excluding steroid dienone is 10. The normalized spacial score (nSPS) is 13.7. The van der Waals surface area contributed by atoms with Crippen LogP contribution >= 0.6 is 0 Å². The highest BCUT2D eigenvalue weighted by molar-refractivity contribution is 5.77. The first-order valence-electron chi connectivity index (χ1n) is 27.0. The van der Waals surface area contributed by atoms with Crippen molar-refractivity contribution < 1.29 is 24.5 Å². The van der Waals surface area contributed by atoms with Crippen LogP contribution < -0.4 is 5.32 Å². The smallest absolute Gasteiger partial charge is 0.306 e. The molecule has 3 N–H and O–H groups in total. The van der Waals surface area contributed by atoms with Crippen LogP contribution in [0.4, 0.5) is 0 Å². The molecule has 63 heavy (non-hydrogen) atoms. The van der Waals surface area contributed by atoms with E-state index in [1.807, 2.05) is 0 Å². The number of aliphatic hydroxyl groups excluding tert-OH is 2. The lowest BCUT2D eigenvalue weighted by molar-refractivity contribution is -0.151. The number of hydrogen-bond acceptors (Lipinski definition) is 5. The minimum Gasteiger partial charge on any atom is -0.462 e. The fourth-order valence-electron chi connectivity index (χ4n) is 8.01. The zero-order chi connectivity index (χ0) is 45.9. The molecule has 3 atom stereocenters. The number of carbonyl (C=O) groups is 2. The predicted molar refractivity (Wildman–Crippen MR) is 273 cm³/mol. The van der Waals surface area contributed by atoms with Gasteiger partial charge in [0.15, 0.2) is 0 Å². The van der Waals surface area contributed by atoms with Crippen molar-refractivity contribution in [3.8, 4) is 0 Å². The van der Waals surface area contributed by atoms with Crippen LogP contribution in [0, 0.1) is 0 Å². The number of carbonyl (C=O) groups excluding carboxylic acids is 2. The molecule has 0 aromatic carbocycles. The molecule has 0 aromatic heterocycles. The maximum atomic E-state index is 13.2. The number of ether oxygens (including phenoxy) is 1. The maximum absolute atomic E-state index is 13.2. The number of esters is 1. The van der Waals surface area contributed by atoms with Gasteiger partial charge in [0.25, 0.3) is 0 Å². The van der Waals surface area contributed by atoms with Crippen molar-refractivity contribution in [1.82, 2.24) is 5.32 Å². The van der Waals surface area contributed by atoms with Gasteiger partial charge in [0.2, 0.25) is 5.91 Å². The summed E-state index contributed by atoms with van der Waals surface area (Å²) in [5.74, 6) is -0.527. The van der Waals surface area contributed by atoms with Crippen molar-refractivity contribution in [2.45, 2.75) is 283 Å². The van der Waals surface area contributed by atoms with Gasteiger partial charge in [-0.25, -0.2) is 0 Å². The van der Waals surface area contributed by atoms with E-state index in [2.05, 4.69) is 86.8 Å². The summed E-state index contributed by atoms with van der Waals surface area (Å²) >= 11 is 0. The maximum Gasteiger partial charge on any atom is 0.306 e. The van der Waals surface area contributed by atoms with E-state index in [1.54, 1.807) is 0 Å². The van der Waals surface area contributed by atoms with E-state index in [9.17, 15) is 19.8 Å². The topological polar surface area (TPSA) is 95.9 Å². The summed E-state index contributed by atoms with van der Waals surface area (Å²) < 4.78 is 5.92. The van der Waals surface area contributed by atoms with Crippen molar-refractivity contribution in [3.63, 3.8) is 0 Å². The van der Waals surface area contributed by atoms with Crippen LogP contribution in [-0.4, -0.2) is 46.9 Å². The molecular formula is C57H103NO5. The minimum atomic E-state index is -0.802. The summed E-state index contributed by atoms with van der Waals surface area (Å²) in [6.45, 7) is 6.35. The van der Waals surface area contributed by atoms with Crippen LogP contribution in [0.15, 0.2) is 60.8 Å². The second-order valence-electron chi connectivity index (χ2n) is 18.2. The molecule has 1 amide bonds. The number of rotatable bonds is 48. The van der Waals surface area contributed by atoms with Crippen LogP contribution in [0.5, 0.6) is 0 Å². The Bertz CT molecular complexity index is 1130. The first kappa shape index (κ1) is 60.6. The average molecular weight is 882 g/mol. The molecule has 0 spiro atoms. The van der Waals surface area contributed by atoms with E-state index in [1.165, 1.54) is 141 Å². The molecule has 366 valence electrons. The molecule has 0 aliphatic rings. The molecule has 6 heteroatoms. The molecule has 0 saturated carbocycles. The molecule has 0 fully saturated rings. The van der Waals surface area contributed by atoms with Crippen LogP contribution in [0.2, 0.25) is 0 Å². The minimum absolute atomic E-state index is 0.0388. The van der Waals surface area contributed by atoms with E-state index >= 15 is 0 Å². The third-order valence-electron chi connectivity index (χ3n) is 12.1. The molecular weight excluding hydrogens is 779 g/mol. The lowest BCUT2D eigenvalue weighted by atomic mass is 10.0. The predicted octanol–water partition coefficient (Wildman–Crippen LogP) is 16.4. The number of amides is 1. The first-order valence-corrected chi connectivity index (χ1v) is 27.0. The van der Waals surface area contributed by atoms with Gasteiger partial charge in [0.05, 0.1) is 25.2 Å². The highest BCUT2D eigenvalue weighted by Crippen LogP contribution is 2.17. The van der Waals surface area contributed by atoms with E-state index in [4.69, 9.17) is 4.74 Å². The Kier molecular flexibility index (Phi) is 48.6. The van der Waals surface area contributed by atoms with E-state index in [0.717, 1.165) is 77.0 Å². The molecule has 0 aliphatic carbocycles. The molecule has 0 saturated heterocycles. The van der Waals surface area contributed by atoms with Gasteiger partial charge >= 0.3 is 5.97 Å². The van der Waals surface area contributed by atoms with E-state index < -0.39 is 18.2 Å². The van der Waals surface area contributed by atoms with Crippen molar-refractivity contribution in [1.29, 1.82) is 0 Å². The fraction of sp³-hybridized carbons (Fsp3) is 0.789. The van der Waals surface area contributed by atoms with Gasteiger partial charge in [0.1, 0.15) is 6.10 Å². The summed E-state index contributed by atoms with van der Waals surface area (Å²) in [6, 6.07) is -0.719. The Morgan fingerprint density at radius 3 is 1.35 bits per heavy atom. The van der Waals surface area contributed by atoms with Crippen molar-refractivity contribution in [2.24, 2.45) is 0 Å². The summed E-state index contributed by atoms with van der Waals surface area (Å²) in [6.07, 6.45) is 62.9. The third-order valence-corrected chi connectivity index (χ3v) is 12.1. The van der Waals surface area contributed by atoms with Gasteiger partial charge in [-0.2, -0.15) is 0 Å². The molecule has 0 aliphatic heterocycles. The Balaban J connectivity index is 4.60. The molecule has 0 aromatic rings. The average Bonchev–Trinajstić information content (AvgIpc) is 3.28. The molecule has 0 heterocycles. The van der Waals surface area contributed by atoms with Crippen molar-refractivity contribution >= 4 is 11.9 Å². The van der Waals surface area contributed by atoms with Crippen molar-refractivity contribution in [2.75, 3.05) is 6.61 Å². The Morgan fingerprint density at radius 1 is 0.476 bits per heavy atom. The summed E-state index contributed by atoms with van der Waals surface area (Å²) in [5, 5.41) is 23.7. The zero-order valence-electron chi connectivity index (χ0n) is 41.7. The van der Waals surface area contributed by atoms with Crippen LogP contribution in [0.25, 0.3) is 0 Å². The molecule has 0 rings (SSSR count). The summed E-state index contributed by atoms with van der Waals surface area (Å²) in [7, 11) is 0. The highest BCUT2D eigenvalue weighted by Gasteiger charge is 2.24. The molecule has 3 unspecified atom stereocenters. The largest absolute Gasteiger partial charge is 0.462 e. The fourth-order valence-corrected chi connectivity index (χ4v) is 8.01. The molecule has 0 bridgehead atoms. The van der Waals surface area contributed by atoms with Gasteiger partial charge in [-0.3, -0.25) is 9.59 Å². The van der Waals surface area contributed by atoms with Crippen molar-refractivity contribution in [3.05, 3.63) is 60.8 Å². The monoisotopic (exact) mass is 882 g/mol. The van der Waals surface area contributed by atoms with Gasteiger partial charge in [0, 0.05) is 6.42 Å². The quantitative estimate of drug-likeness (QED) is 0.0321. The number of unbranched alkanes of at least 4 members (excludes halogenated alkanes) is 26. The Morgan fingerprint density at radius 2 is 0.873 bits per heavy atom. The second-order valence-corrected chi connectivity index (χ2v) is 18.2. The standard InChI is InChI=1S/C57H103NO5/c1-4-7-10-13-16-19-22-24-26-27-28-29-30-32-35-38-41-44-47-50-57(62)63-53(48-45-42-39-36-34-31-25-23-20-17-14-11-8-5-2)51-56(61)58-54(52-59)55(60)49-46-43-40-37-33-21-18-15-12-9-6-3/h8,11,17,20,24-26,31,36,39,53-55,59-60H,4-7,9-10,12-16,18-19,21-23,27-30,32-35,37-38,40-52H2,1-3H3,(H,58,61)/b11-8+,20-17+,26-24+,31-25+,39-36+. The number of nitrogens with one attached hydrogen (secondary N) is 1. The molecule has 0 radical (unpaired) electrons. The van der Waals surface area contributed by atoms with Crippen LogP contribution in [0.3, 0.4) is 0 Å². The zero-order valence-corrected chi connectivity index (χ0v) is 41.7. The van der Waals surface area contributed by atoms with Crippen LogP contribution in [-0.2, 0) is 14.3 Å². The molecule has 6 nitrogen and oxygen atoms in total. The summed E-state index contributed by atoms with van der Waals surface area (Å²) in [5.41, 5.74) is 0. The first-order chi connectivity index (χ1) is 31.0. The van der Waals surface area contributed by atoms with Gasteiger partial charge in [-0.15, -0.1) is 0 Å². The lowest BCUT2D eigenvalue weighted by Gasteiger charge is -2.24. The van der Waals surface area contributed by atoms with Gasteiger partial charge in [-0.05, 0) is 83.5 Å².